The molecular formula is C20H14F3N7O. The van der Waals surface area contributed by atoms with Gasteiger partial charge < -0.3 is 9.88 Å². The third-order valence-electron chi connectivity index (χ3n) is 4.21. The molecule has 4 heterocycles. The summed E-state index contributed by atoms with van der Waals surface area (Å²) >= 11 is 0. The van der Waals surface area contributed by atoms with E-state index < -0.39 is 11.9 Å². The van der Waals surface area contributed by atoms with Gasteiger partial charge in [0.1, 0.15) is 24.4 Å². The smallest absolute Gasteiger partial charge is 0.327 e. The number of carbonyl (C=O) groups is 1. The number of hydrogen-bond acceptors (Lipinski definition) is 6. The SMILES string of the molecule is O=C(Cn1cnc(-c2ccnc(C(F)(F)F)c2)c1)Nc1ccc(-c2ccncn2)cn1. The maximum atomic E-state index is 12.8. The molecule has 0 saturated carbocycles. The van der Waals surface area contributed by atoms with Gasteiger partial charge in [-0.15, -0.1) is 0 Å². The molecule has 4 aromatic rings. The number of carbonyl (C=O) groups excluding carboxylic acids is 1. The summed E-state index contributed by atoms with van der Waals surface area (Å²) in [6, 6.07) is 7.49. The second-order valence-corrected chi connectivity index (χ2v) is 6.43. The number of imidazole rings is 1. The highest BCUT2D eigenvalue weighted by atomic mass is 19.4. The Labute approximate surface area is 173 Å². The summed E-state index contributed by atoms with van der Waals surface area (Å²) in [6.07, 6.45) is 4.01. The number of halogens is 3. The van der Waals surface area contributed by atoms with E-state index in [9.17, 15) is 18.0 Å². The summed E-state index contributed by atoms with van der Waals surface area (Å²) in [5.41, 5.74) is 1.02. The number of aromatic nitrogens is 6. The number of nitrogens with one attached hydrogen (secondary N) is 1. The molecule has 0 spiro atoms. The van der Waals surface area contributed by atoms with Gasteiger partial charge in [-0.25, -0.2) is 19.9 Å². The van der Waals surface area contributed by atoms with Crippen LogP contribution in [0.25, 0.3) is 22.5 Å². The Morgan fingerprint density at radius 2 is 1.84 bits per heavy atom. The van der Waals surface area contributed by atoms with Crippen molar-refractivity contribution in [2.24, 2.45) is 0 Å². The molecule has 156 valence electrons. The Bertz CT molecular complexity index is 1190. The lowest BCUT2D eigenvalue weighted by atomic mass is 10.2. The number of rotatable bonds is 5. The van der Waals surface area contributed by atoms with Crippen LogP contribution in [0.2, 0.25) is 0 Å². The van der Waals surface area contributed by atoms with Crippen LogP contribution in [0, 0.1) is 0 Å². The molecule has 1 N–H and O–H groups in total. The first-order valence-electron chi connectivity index (χ1n) is 8.96. The van der Waals surface area contributed by atoms with Crippen LogP contribution in [0.15, 0.2) is 67.8 Å². The average molecular weight is 425 g/mol. The van der Waals surface area contributed by atoms with Gasteiger partial charge in [-0.1, -0.05) is 0 Å². The van der Waals surface area contributed by atoms with Gasteiger partial charge in [0.25, 0.3) is 0 Å². The maximum Gasteiger partial charge on any atom is 0.433 e. The highest BCUT2D eigenvalue weighted by molar-refractivity contribution is 5.89. The molecule has 1 amide bonds. The lowest BCUT2D eigenvalue weighted by Crippen LogP contribution is -2.18. The van der Waals surface area contributed by atoms with Crippen LogP contribution in [0.1, 0.15) is 5.69 Å². The number of hydrogen-bond donors (Lipinski definition) is 1. The average Bonchev–Trinajstić information content (AvgIpc) is 3.23. The van der Waals surface area contributed by atoms with Gasteiger partial charge in [0, 0.05) is 35.9 Å². The van der Waals surface area contributed by atoms with Crippen molar-refractivity contribution in [2.45, 2.75) is 12.7 Å². The van der Waals surface area contributed by atoms with E-state index in [1.54, 1.807) is 30.6 Å². The van der Waals surface area contributed by atoms with Crippen molar-refractivity contribution in [3.8, 4) is 22.5 Å². The Kier molecular flexibility index (Phi) is 5.39. The number of pyridine rings is 2. The molecule has 0 aromatic carbocycles. The molecule has 0 unspecified atom stereocenters. The predicted molar refractivity (Wildman–Crippen MR) is 104 cm³/mol. The minimum absolute atomic E-state index is 0.0838. The Morgan fingerprint density at radius 1 is 0.968 bits per heavy atom. The van der Waals surface area contributed by atoms with Crippen LogP contribution in [-0.2, 0) is 17.5 Å². The van der Waals surface area contributed by atoms with Gasteiger partial charge in [-0.2, -0.15) is 13.2 Å². The summed E-state index contributed by atoms with van der Waals surface area (Å²) in [6.45, 7) is -0.0838. The molecule has 4 rings (SSSR count). The second kappa shape index (κ2) is 8.30. The fraction of sp³-hybridized carbons (Fsp3) is 0.100. The van der Waals surface area contributed by atoms with E-state index in [2.05, 4.69) is 30.2 Å². The first-order valence-corrected chi connectivity index (χ1v) is 8.96. The fourth-order valence-corrected chi connectivity index (χ4v) is 2.77. The summed E-state index contributed by atoms with van der Waals surface area (Å²) in [5, 5.41) is 2.66. The summed E-state index contributed by atoms with van der Waals surface area (Å²) in [5.74, 6) is -0.0101. The van der Waals surface area contributed by atoms with E-state index in [0.717, 1.165) is 17.8 Å². The molecule has 0 bridgehead atoms. The number of anilines is 1. The van der Waals surface area contributed by atoms with Gasteiger partial charge in [0.05, 0.1) is 17.7 Å². The van der Waals surface area contributed by atoms with Crippen LogP contribution >= 0.6 is 0 Å². The first kappa shape index (κ1) is 20.1. The minimum atomic E-state index is -4.55. The maximum absolute atomic E-state index is 12.8. The van der Waals surface area contributed by atoms with Crippen molar-refractivity contribution in [1.82, 2.24) is 29.5 Å². The lowest BCUT2D eigenvalue weighted by molar-refractivity contribution is -0.141. The van der Waals surface area contributed by atoms with Crippen molar-refractivity contribution in [2.75, 3.05) is 5.32 Å². The third-order valence-corrected chi connectivity index (χ3v) is 4.21. The molecule has 4 aromatic heterocycles. The van der Waals surface area contributed by atoms with Crippen LogP contribution in [-0.4, -0.2) is 35.4 Å². The monoisotopic (exact) mass is 425 g/mol. The van der Waals surface area contributed by atoms with Gasteiger partial charge in [0.2, 0.25) is 5.91 Å². The lowest BCUT2D eigenvalue weighted by Gasteiger charge is -2.06. The fourth-order valence-electron chi connectivity index (χ4n) is 2.77. The van der Waals surface area contributed by atoms with Crippen LogP contribution < -0.4 is 5.32 Å². The van der Waals surface area contributed by atoms with Gasteiger partial charge in [-0.05, 0) is 30.3 Å². The van der Waals surface area contributed by atoms with Gasteiger partial charge in [-0.3, -0.25) is 9.78 Å². The van der Waals surface area contributed by atoms with Crippen molar-refractivity contribution >= 4 is 11.7 Å². The third kappa shape index (κ3) is 4.89. The molecule has 8 nitrogen and oxygen atoms in total. The van der Waals surface area contributed by atoms with Crippen LogP contribution in [0.4, 0.5) is 19.0 Å². The highest BCUT2D eigenvalue weighted by Crippen LogP contribution is 2.30. The molecule has 0 fully saturated rings. The summed E-state index contributed by atoms with van der Waals surface area (Å²) < 4.78 is 40.0. The summed E-state index contributed by atoms with van der Waals surface area (Å²) in [4.78, 5) is 31.9. The van der Waals surface area contributed by atoms with Crippen molar-refractivity contribution < 1.29 is 18.0 Å². The molecule has 0 aliphatic rings. The topological polar surface area (TPSA) is 98.5 Å². The standard InChI is InChI=1S/C20H14F3N7O/c21-20(22,23)17-7-13(3-6-25-17)16-9-30(12-28-16)10-19(31)29-18-2-1-14(8-26-18)15-4-5-24-11-27-15/h1-9,11-12H,10H2,(H,26,29,31). The zero-order valence-electron chi connectivity index (χ0n) is 15.8. The molecule has 0 radical (unpaired) electrons. The normalized spacial score (nSPS) is 11.3. The van der Waals surface area contributed by atoms with Crippen molar-refractivity contribution in [1.29, 1.82) is 0 Å². The first-order chi connectivity index (χ1) is 14.9. The van der Waals surface area contributed by atoms with Gasteiger partial charge >= 0.3 is 6.18 Å². The van der Waals surface area contributed by atoms with Gasteiger partial charge in [0.15, 0.2) is 0 Å². The van der Waals surface area contributed by atoms with E-state index in [0.29, 0.717) is 17.2 Å². The zero-order chi connectivity index (χ0) is 21.8. The molecule has 31 heavy (non-hydrogen) atoms. The minimum Gasteiger partial charge on any atom is -0.327 e. The Balaban J connectivity index is 1.40. The Hall–Kier alpha value is -4.15. The van der Waals surface area contributed by atoms with Crippen molar-refractivity contribution in [3.05, 3.63) is 73.5 Å². The number of alkyl halides is 3. The largest absolute Gasteiger partial charge is 0.433 e. The van der Waals surface area contributed by atoms with Crippen molar-refractivity contribution in [3.63, 3.8) is 0 Å². The molecule has 0 saturated heterocycles. The number of amides is 1. The van der Waals surface area contributed by atoms with Crippen LogP contribution in [0.3, 0.4) is 0 Å². The second-order valence-electron chi connectivity index (χ2n) is 6.43. The highest BCUT2D eigenvalue weighted by Gasteiger charge is 2.32. The van der Waals surface area contributed by atoms with E-state index >= 15 is 0 Å². The molecule has 0 atom stereocenters. The number of nitrogens with zero attached hydrogens (tertiary/aromatic N) is 6. The summed E-state index contributed by atoms with van der Waals surface area (Å²) in [7, 11) is 0. The molecular weight excluding hydrogens is 411 g/mol. The van der Waals surface area contributed by atoms with Crippen LogP contribution in [0.5, 0.6) is 0 Å². The van der Waals surface area contributed by atoms with E-state index in [4.69, 9.17) is 0 Å². The molecule has 0 aliphatic carbocycles. The zero-order valence-corrected chi connectivity index (χ0v) is 15.8. The van der Waals surface area contributed by atoms with E-state index in [1.807, 2.05) is 0 Å². The predicted octanol–water partition coefficient (Wildman–Crippen LogP) is 3.45. The van der Waals surface area contributed by atoms with E-state index in [1.165, 1.54) is 29.5 Å². The molecule has 0 aliphatic heterocycles. The quantitative estimate of drug-likeness (QED) is 0.526. The molecule has 11 heteroatoms. The Morgan fingerprint density at radius 3 is 2.55 bits per heavy atom. The van der Waals surface area contributed by atoms with E-state index in [-0.39, 0.29) is 18.0 Å².